The number of amides is 1. The first-order valence-corrected chi connectivity index (χ1v) is 8.86. The molecule has 1 amide bonds. The maximum atomic E-state index is 13.1. The molecule has 7 heteroatoms. The quantitative estimate of drug-likeness (QED) is 0.869. The molecule has 0 spiro atoms. The second-order valence-corrected chi connectivity index (χ2v) is 6.88. The molecule has 6 nitrogen and oxygen atoms in total. The van der Waals surface area contributed by atoms with Gasteiger partial charge in [0.25, 0.3) is 5.91 Å². The van der Waals surface area contributed by atoms with Crippen molar-refractivity contribution in [1.82, 2.24) is 20.0 Å². The number of nitrogens with zero attached hydrogens (tertiary/aromatic N) is 3. The predicted octanol–water partition coefficient (Wildman–Crippen LogP) is 2.76. The zero-order valence-electron chi connectivity index (χ0n) is 15.5. The van der Waals surface area contributed by atoms with Gasteiger partial charge in [-0.3, -0.25) is 4.79 Å². The number of hydrogen-bond donors (Lipinski definition) is 1. The Labute approximate surface area is 160 Å². The van der Waals surface area contributed by atoms with Gasteiger partial charge >= 0.3 is 0 Å². The van der Waals surface area contributed by atoms with Crippen LogP contribution < -0.4 is 10.1 Å². The van der Waals surface area contributed by atoms with Crippen molar-refractivity contribution in [2.24, 2.45) is 5.92 Å². The van der Waals surface area contributed by atoms with Crippen LogP contribution in [0.25, 0.3) is 5.69 Å². The first-order chi connectivity index (χ1) is 12.1. The van der Waals surface area contributed by atoms with Crippen LogP contribution in [0.4, 0.5) is 0 Å². The second kappa shape index (κ2) is 9.05. The Balaban J connectivity index is 0.00000243. The summed E-state index contributed by atoms with van der Waals surface area (Å²) in [5.74, 6) is 0.858. The highest BCUT2D eigenvalue weighted by atomic mass is 35.5. The summed E-state index contributed by atoms with van der Waals surface area (Å²) in [4.78, 5) is 14.9. The maximum Gasteiger partial charge on any atom is 0.278 e. The maximum absolute atomic E-state index is 13.1. The number of hydrogen-bond acceptors (Lipinski definition) is 4. The molecule has 1 atom stereocenters. The van der Waals surface area contributed by atoms with Gasteiger partial charge in [0.1, 0.15) is 0 Å². The van der Waals surface area contributed by atoms with E-state index < -0.39 is 0 Å². The average molecular weight is 379 g/mol. The smallest absolute Gasteiger partial charge is 0.278 e. The van der Waals surface area contributed by atoms with Gasteiger partial charge in [-0.2, -0.15) is 5.10 Å². The minimum atomic E-state index is -0.0672. The molecule has 0 saturated carbocycles. The van der Waals surface area contributed by atoms with Crippen LogP contribution >= 0.6 is 12.4 Å². The summed E-state index contributed by atoms with van der Waals surface area (Å²) >= 11 is 0. The highest BCUT2D eigenvalue weighted by Crippen LogP contribution is 2.23. The molecule has 26 heavy (non-hydrogen) atoms. The van der Waals surface area contributed by atoms with Crippen molar-refractivity contribution in [2.45, 2.75) is 26.8 Å². The van der Waals surface area contributed by atoms with Gasteiger partial charge in [-0.05, 0) is 25.0 Å². The van der Waals surface area contributed by atoms with E-state index in [1.807, 2.05) is 42.2 Å². The van der Waals surface area contributed by atoms with Crippen LogP contribution in [0.5, 0.6) is 5.75 Å². The van der Waals surface area contributed by atoms with Crippen molar-refractivity contribution in [3.8, 4) is 11.4 Å². The van der Waals surface area contributed by atoms with E-state index in [0.29, 0.717) is 30.5 Å². The number of carbonyl (C=O) groups is 1. The Bertz CT molecular complexity index is 718. The number of nitrogens with one attached hydrogen (secondary N) is 1. The lowest BCUT2D eigenvalue weighted by Crippen LogP contribution is -2.52. The van der Waals surface area contributed by atoms with Crippen LogP contribution in [0.3, 0.4) is 0 Å². The molecule has 0 aliphatic carbocycles. The van der Waals surface area contributed by atoms with Crippen molar-refractivity contribution >= 4 is 18.3 Å². The van der Waals surface area contributed by atoms with Gasteiger partial charge in [-0.25, -0.2) is 4.68 Å². The molecule has 1 aliphatic rings. The van der Waals surface area contributed by atoms with E-state index >= 15 is 0 Å². The van der Waals surface area contributed by atoms with Gasteiger partial charge in [0, 0.05) is 25.7 Å². The van der Waals surface area contributed by atoms with Gasteiger partial charge in [0.15, 0.2) is 11.4 Å². The average Bonchev–Trinajstić information content (AvgIpc) is 3.05. The Hall–Kier alpha value is -2.05. The molecule has 1 N–H and O–H groups in total. The normalized spacial score (nSPS) is 17.1. The molecule has 1 saturated heterocycles. The second-order valence-electron chi connectivity index (χ2n) is 6.88. The lowest BCUT2D eigenvalue weighted by atomic mass is 10.2. The third kappa shape index (κ3) is 4.56. The van der Waals surface area contributed by atoms with Crippen LogP contribution in [0.2, 0.25) is 0 Å². The summed E-state index contributed by atoms with van der Waals surface area (Å²) in [7, 11) is 0. The monoisotopic (exact) mass is 378 g/mol. The van der Waals surface area contributed by atoms with E-state index in [9.17, 15) is 4.79 Å². The first-order valence-electron chi connectivity index (χ1n) is 8.86. The van der Waals surface area contributed by atoms with Gasteiger partial charge in [-0.1, -0.05) is 32.0 Å². The van der Waals surface area contributed by atoms with E-state index in [0.717, 1.165) is 18.8 Å². The molecule has 2 heterocycles. The fourth-order valence-electron chi connectivity index (χ4n) is 2.86. The SMILES string of the molecule is CC(C)COc1cn(-c2ccccc2)nc1C(=O)N1CCNC[C@H]1C.Cl. The van der Waals surface area contributed by atoms with Crippen LogP contribution in [-0.4, -0.2) is 52.9 Å². The van der Waals surface area contributed by atoms with Gasteiger partial charge in [0.05, 0.1) is 18.5 Å². The Morgan fingerprint density at radius 1 is 1.35 bits per heavy atom. The van der Waals surface area contributed by atoms with E-state index in [-0.39, 0.29) is 24.4 Å². The number of ether oxygens (including phenoxy) is 1. The minimum absolute atomic E-state index is 0. The van der Waals surface area contributed by atoms with Crippen molar-refractivity contribution in [1.29, 1.82) is 0 Å². The van der Waals surface area contributed by atoms with E-state index in [1.165, 1.54) is 0 Å². The molecule has 142 valence electrons. The van der Waals surface area contributed by atoms with Gasteiger partial charge < -0.3 is 15.0 Å². The molecule has 1 aromatic heterocycles. The first kappa shape index (κ1) is 20.3. The molecular weight excluding hydrogens is 352 g/mol. The summed E-state index contributed by atoms with van der Waals surface area (Å²) in [6.07, 6.45) is 1.80. The van der Waals surface area contributed by atoms with Crippen molar-refractivity contribution in [2.75, 3.05) is 26.2 Å². The largest absolute Gasteiger partial charge is 0.489 e. The summed E-state index contributed by atoms with van der Waals surface area (Å²) in [5, 5.41) is 7.85. The number of rotatable bonds is 5. The molecule has 0 unspecified atom stereocenters. The topological polar surface area (TPSA) is 59.4 Å². The highest BCUT2D eigenvalue weighted by molar-refractivity contribution is 5.95. The lowest BCUT2D eigenvalue weighted by Gasteiger charge is -2.33. The molecule has 3 rings (SSSR count). The fraction of sp³-hybridized carbons (Fsp3) is 0.474. The third-order valence-corrected chi connectivity index (χ3v) is 4.24. The fourth-order valence-corrected chi connectivity index (χ4v) is 2.86. The van der Waals surface area contributed by atoms with E-state index in [4.69, 9.17) is 4.74 Å². The zero-order chi connectivity index (χ0) is 17.8. The lowest BCUT2D eigenvalue weighted by molar-refractivity contribution is 0.0644. The number of piperazine rings is 1. The number of benzene rings is 1. The van der Waals surface area contributed by atoms with Crippen molar-refractivity contribution < 1.29 is 9.53 Å². The van der Waals surface area contributed by atoms with Gasteiger partial charge in [0.2, 0.25) is 0 Å². The number of aromatic nitrogens is 2. The molecular formula is C19H27ClN4O2. The zero-order valence-corrected chi connectivity index (χ0v) is 16.3. The van der Waals surface area contributed by atoms with E-state index in [1.54, 1.807) is 10.9 Å². The van der Waals surface area contributed by atoms with Crippen LogP contribution in [0, 0.1) is 5.92 Å². The summed E-state index contributed by atoms with van der Waals surface area (Å²) in [5.41, 5.74) is 1.29. The molecule has 0 bridgehead atoms. The highest BCUT2D eigenvalue weighted by Gasteiger charge is 2.29. The molecule has 1 fully saturated rings. The summed E-state index contributed by atoms with van der Waals surface area (Å²) < 4.78 is 7.62. The Morgan fingerprint density at radius 3 is 2.73 bits per heavy atom. The van der Waals surface area contributed by atoms with E-state index in [2.05, 4.69) is 24.3 Å². The standard InChI is InChI=1S/C19H26N4O2.ClH/c1-14(2)13-25-17-12-23(16-7-5-4-6-8-16)21-18(17)19(24)22-10-9-20-11-15(22)3;/h4-8,12,14-15,20H,9-11,13H2,1-3H3;1H/t15-;/m1./s1. The molecule has 2 aromatic rings. The summed E-state index contributed by atoms with van der Waals surface area (Å²) in [6, 6.07) is 9.91. The van der Waals surface area contributed by atoms with Crippen molar-refractivity contribution in [3.63, 3.8) is 0 Å². The third-order valence-electron chi connectivity index (χ3n) is 4.24. The Morgan fingerprint density at radius 2 is 2.08 bits per heavy atom. The Kier molecular flexibility index (Phi) is 7.06. The molecule has 0 radical (unpaired) electrons. The molecule has 1 aromatic carbocycles. The number of halogens is 1. The minimum Gasteiger partial charge on any atom is -0.489 e. The number of para-hydroxylation sites is 1. The van der Waals surface area contributed by atoms with Crippen LogP contribution in [0.1, 0.15) is 31.3 Å². The number of carbonyl (C=O) groups excluding carboxylic acids is 1. The van der Waals surface area contributed by atoms with Crippen molar-refractivity contribution in [3.05, 3.63) is 42.2 Å². The predicted molar refractivity (Wildman–Crippen MR) is 105 cm³/mol. The van der Waals surface area contributed by atoms with Crippen LogP contribution in [-0.2, 0) is 0 Å². The summed E-state index contributed by atoms with van der Waals surface area (Å²) in [6.45, 7) is 9.06. The molecule has 1 aliphatic heterocycles. The van der Waals surface area contributed by atoms with Gasteiger partial charge in [-0.15, -0.1) is 12.4 Å². The van der Waals surface area contributed by atoms with Crippen LogP contribution in [0.15, 0.2) is 36.5 Å².